The Morgan fingerprint density at radius 3 is 2.50 bits per heavy atom. The van der Waals surface area contributed by atoms with Crippen LogP contribution in [-0.2, 0) is 4.79 Å². The molecule has 4 rings (SSSR count). The van der Waals surface area contributed by atoms with Gasteiger partial charge in [0.05, 0.1) is 5.56 Å². The predicted octanol–water partition coefficient (Wildman–Crippen LogP) is 4.21. The van der Waals surface area contributed by atoms with Crippen molar-refractivity contribution in [2.75, 3.05) is 23.8 Å². The number of carbonyl (C=O) groups excluding carboxylic acids is 2. The van der Waals surface area contributed by atoms with Crippen molar-refractivity contribution in [3.05, 3.63) is 66.4 Å². The second-order valence-electron chi connectivity index (χ2n) is 6.48. The van der Waals surface area contributed by atoms with Crippen LogP contribution in [0.4, 0.5) is 11.4 Å². The number of benzene rings is 2. The number of fused-ring (bicyclic) bond motifs is 1. The summed E-state index contributed by atoms with van der Waals surface area (Å²) < 4.78 is 11.2. The Hall–Kier alpha value is -3.52. The van der Waals surface area contributed by atoms with Gasteiger partial charge in [0, 0.05) is 29.4 Å². The Bertz CT molecular complexity index is 1100. The summed E-state index contributed by atoms with van der Waals surface area (Å²) in [6, 6.07) is 16.1. The van der Waals surface area contributed by atoms with Crippen molar-refractivity contribution in [2.24, 2.45) is 0 Å². The predicted molar refractivity (Wildman–Crippen MR) is 114 cm³/mol. The first-order chi connectivity index (χ1) is 14.6. The number of hydrogen-bond donors (Lipinski definition) is 2. The molecule has 152 valence electrons. The molecule has 0 fully saturated rings. The first-order valence-electron chi connectivity index (χ1n) is 9.30. The number of carbonyl (C=O) groups is 2. The number of amides is 2. The van der Waals surface area contributed by atoms with E-state index in [1.54, 1.807) is 42.6 Å². The van der Waals surface area contributed by atoms with Crippen LogP contribution in [0, 0.1) is 0 Å². The van der Waals surface area contributed by atoms with Gasteiger partial charge < -0.3 is 20.1 Å². The summed E-state index contributed by atoms with van der Waals surface area (Å²) in [5, 5.41) is 6.13. The van der Waals surface area contributed by atoms with Crippen LogP contribution in [0.15, 0.2) is 70.7 Å². The van der Waals surface area contributed by atoms with Crippen LogP contribution in [0.25, 0.3) is 0 Å². The van der Waals surface area contributed by atoms with E-state index < -0.39 is 0 Å². The van der Waals surface area contributed by atoms with E-state index in [2.05, 4.69) is 15.6 Å². The third-order valence-electron chi connectivity index (χ3n) is 4.18. The van der Waals surface area contributed by atoms with Crippen LogP contribution in [0.2, 0.25) is 0 Å². The van der Waals surface area contributed by atoms with E-state index in [9.17, 15) is 9.59 Å². The van der Waals surface area contributed by atoms with Gasteiger partial charge in [-0.15, -0.1) is 0 Å². The largest absolute Gasteiger partial charge is 0.486 e. The van der Waals surface area contributed by atoms with E-state index in [0.717, 1.165) is 4.90 Å². The summed E-state index contributed by atoms with van der Waals surface area (Å²) in [7, 11) is 0. The van der Waals surface area contributed by atoms with Crippen molar-refractivity contribution in [1.29, 1.82) is 0 Å². The first kappa shape index (κ1) is 19.8. The van der Waals surface area contributed by atoms with Crippen LogP contribution >= 0.6 is 11.8 Å². The van der Waals surface area contributed by atoms with Gasteiger partial charge in [-0.25, -0.2) is 4.98 Å². The van der Waals surface area contributed by atoms with E-state index in [4.69, 9.17) is 9.47 Å². The highest BCUT2D eigenvalue weighted by molar-refractivity contribution is 7.99. The maximum absolute atomic E-state index is 12.9. The molecule has 0 atom stereocenters. The van der Waals surface area contributed by atoms with Gasteiger partial charge in [0.1, 0.15) is 18.2 Å². The van der Waals surface area contributed by atoms with Gasteiger partial charge in [0.25, 0.3) is 5.91 Å². The molecule has 0 aliphatic carbocycles. The van der Waals surface area contributed by atoms with Gasteiger partial charge >= 0.3 is 0 Å². The minimum atomic E-state index is -0.289. The van der Waals surface area contributed by atoms with Crippen molar-refractivity contribution < 1.29 is 19.1 Å². The fourth-order valence-corrected chi connectivity index (χ4v) is 3.83. The topological polar surface area (TPSA) is 89.6 Å². The molecule has 2 aromatic carbocycles. The van der Waals surface area contributed by atoms with Gasteiger partial charge in [-0.05, 0) is 48.5 Å². The van der Waals surface area contributed by atoms with Gasteiger partial charge in [-0.1, -0.05) is 17.8 Å². The van der Waals surface area contributed by atoms with Gasteiger partial charge in [-0.3, -0.25) is 9.59 Å². The summed E-state index contributed by atoms with van der Waals surface area (Å²) in [6.07, 6.45) is 1.65. The smallest absolute Gasteiger partial charge is 0.258 e. The third kappa shape index (κ3) is 4.72. The van der Waals surface area contributed by atoms with Crippen molar-refractivity contribution in [2.45, 2.75) is 16.8 Å². The Labute approximate surface area is 177 Å². The lowest BCUT2D eigenvalue weighted by Gasteiger charge is -2.18. The Morgan fingerprint density at radius 2 is 1.70 bits per heavy atom. The minimum Gasteiger partial charge on any atom is -0.486 e. The van der Waals surface area contributed by atoms with Crippen molar-refractivity contribution in [1.82, 2.24) is 4.98 Å². The highest BCUT2D eigenvalue weighted by Gasteiger charge is 2.16. The Balaban J connectivity index is 1.53. The zero-order valence-electron chi connectivity index (χ0n) is 16.2. The number of rotatable bonds is 5. The monoisotopic (exact) mass is 421 g/mol. The molecular formula is C22H19N3O4S. The lowest BCUT2D eigenvalue weighted by atomic mass is 10.2. The number of nitrogens with one attached hydrogen (secondary N) is 2. The van der Waals surface area contributed by atoms with Crippen LogP contribution in [0.3, 0.4) is 0 Å². The molecule has 1 aliphatic rings. The molecule has 0 saturated heterocycles. The summed E-state index contributed by atoms with van der Waals surface area (Å²) in [5.41, 5.74) is 1.63. The van der Waals surface area contributed by atoms with E-state index in [0.29, 0.717) is 46.7 Å². The standard InChI is InChI=1S/C22H19N3O4S/c1-14(26)24-15-4-2-5-16(12-15)25-21(27)18-6-3-9-23-22(18)30-17-7-8-19-20(13-17)29-11-10-28-19/h2-9,12-13H,10-11H2,1H3,(H,24,26)(H,25,27). The molecule has 0 radical (unpaired) electrons. The van der Waals surface area contributed by atoms with Crippen LogP contribution in [-0.4, -0.2) is 30.0 Å². The maximum Gasteiger partial charge on any atom is 0.258 e. The van der Waals surface area contributed by atoms with E-state index in [-0.39, 0.29) is 11.8 Å². The average molecular weight is 421 g/mol. The highest BCUT2D eigenvalue weighted by Crippen LogP contribution is 2.37. The van der Waals surface area contributed by atoms with E-state index in [1.165, 1.54) is 18.7 Å². The lowest BCUT2D eigenvalue weighted by molar-refractivity contribution is -0.114. The number of nitrogens with zero attached hydrogens (tertiary/aromatic N) is 1. The number of anilines is 2. The number of aromatic nitrogens is 1. The maximum atomic E-state index is 12.9. The van der Waals surface area contributed by atoms with Gasteiger partial charge in [0.15, 0.2) is 11.5 Å². The zero-order valence-corrected chi connectivity index (χ0v) is 17.0. The molecule has 3 aromatic rings. The minimum absolute atomic E-state index is 0.177. The molecule has 2 amide bonds. The fourth-order valence-electron chi connectivity index (χ4n) is 2.92. The average Bonchev–Trinajstić information content (AvgIpc) is 2.74. The normalized spacial score (nSPS) is 12.2. The van der Waals surface area contributed by atoms with Crippen molar-refractivity contribution >= 4 is 35.0 Å². The van der Waals surface area contributed by atoms with Crippen molar-refractivity contribution in [3.63, 3.8) is 0 Å². The lowest BCUT2D eigenvalue weighted by Crippen LogP contribution is -2.15. The summed E-state index contributed by atoms with van der Waals surface area (Å²) in [4.78, 5) is 29.4. The van der Waals surface area contributed by atoms with E-state index in [1.807, 2.05) is 18.2 Å². The number of ether oxygens (including phenoxy) is 2. The molecule has 2 N–H and O–H groups in total. The SMILES string of the molecule is CC(=O)Nc1cccc(NC(=O)c2cccnc2Sc2ccc3c(c2)OCCO3)c1. The third-order valence-corrected chi connectivity index (χ3v) is 5.19. The fraction of sp³-hybridized carbons (Fsp3) is 0.136. The summed E-state index contributed by atoms with van der Waals surface area (Å²) in [6.45, 7) is 2.48. The summed E-state index contributed by atoms with van der Waals surface area (Å²) >= 11 is 1.37. The summed E-state index contributed by atoms with van der Waals surface area (Å²) in [5.74, 6) is 0.929. The molecule has 0 saturated carbocycles. The molecule has 8 heteroatoms. The van der Waals surface area contributed by atoms with Crippen LogP contribution in [0.1, 0.15) is 17.3 Å². The molecule has 30 heavy (non-hydrogen) atoms. The molecule has 0 unspecified atom stereocenters. The Kier molecular flexibility index (Phi) is 5.85. The molecule has 2 heterocycles. The zero-order chi connectivity index (χ0) is 20.9. The second kappa shape index (κ2) is 8.87. The molecule has 1 aliphatic heterocycles. The number of hydrogen-bond acceptors (Lipinski definition) is 6. The number of pyridine rings is 1. The van der Waals surface area contributed by atoms with Crippen LogP contribution < -0.4 is 20.1 Å². The molecule has 0 spiro atoms. The molecular weight excluding hydrogens is 402 g/mol. The van der Waals surface area contributed by atoms with E-state index >= 15 is 0 Å². The van der Waals surface area contributed by atoms with Crippen LogP contribution in [0.5, 0.6) is 11.5 Å². The first-order valence-corrected chi connectivity index (χ1v) is 10.1. The highest BCUT2D eigenvalue weighted by atomic mass is 32.2. The molecule has 7 nitrogen and oxygen atoms in total. The quantitative estimate of drug-likeness (QED) is 0.641. The second-order valence-corrected chi connectivity index (χ2v) is 7.54. The Morgan fingerprint density at radius 1 is 0.933 bits per heavy atom. The molecule has 0 bridgehead atoms. The molecule has 1 aromatic heterocycles. The van der Waals surface area contributed by atoms with Crippen molar-refractivity contribution in [3.8, 4) is 11.5 Å². The van der Waals surface area contributed by atoms with Gasteiger partial charge in [0.2, 0.25) is 5.91 Å². The van der Waals surface area contributed by atoms with Gasteiger partial charge in [-0.2, -0.15) is 0 Å².